The first-order chi connectivity index (χ1) is 8.91. The van der Waals surface area contributed by atoms with Crippen molar-refractivity contribution in [2.24, 2.45) is 5.92 Å². The number of β-amino-alcohol motifs (C(OH)–C–C–N with tert-alkyl or cyclic N) is 1. The van der Waals surface area contributed by atoms with E-state index in [1.807, 2.05) is 13.8 Å². The van der Waals surface area contributed by atoms with Crippen LogP contribution in [0.15, 0.2) is 0 Å². The third-order valence-corrected chi connectivity index (χ3v) is 6.47. The molecule has 1 atom stereocenters. The number of aliphatic hydroxyl groups excluding tert-OH is 1. The van der Waals surface area contributed by atoms with Crippen molar-refractivity contribution in [3.05, 3.63) is 0 Å². The summed E-state index contributed by atoms with van der Waals surface area (Å²) in [6.07, 6.45) is 2.19. The van der Waals surface area contributed by atoms with Gasteiger partial charge in [0.25, 0.3) is 0 Å². The van der Waals surface area contributed by atoms with Crippen LogP contribution in [-0.4, -0.2) is 66.8 Å². The van der Waals surface area contributed by atoms with Crippen LogP contribution in [0, 0.1) is 5.92 Å². The molecule has 0 aromatic carbocycles. The zero-order valence-corrected chi connectivity index (χ0v) is 12.8. The van der Waals surface area contributed by atoms with E-state index in [0.717, 1.165) is 32.4 Å². The fourth-order valence-corrected chi connectivity index (χ4v) is 4.31. The highest BCUT2D eigenvalue weighted by molar-refractivity contribution is 7.90. The Hall–Kier alpha value is -0.170. The lowest BCUT2D eigenvalue weighted by atomic mass is 10.1. The summed E-state index contributed by atoms with van der Waals surface area (Å²) in [6.45, 7) is 7.47. The molecule has 0 aromatic heterocycles. The lowest BCUT2D eigenvalue weighted by Crippen LogP contribution is -2.39. The lowest BCUT2D eigenvalue weighted by Gasteiger charge is -2.25. The minimum absolute atomic E-state index is 0.111. The van der Waals surface area contributed by atoms with E-state index in [1.54, 1.807) is 4.31 Å². The second-order valence-corrected chi connectivity index (χ2v) is 8.32. The maximum atomic E-state index is 12.2. The number of hydrogen-bond donors (Lipinski definition) is 1. The number of sulfonamides is 1. The van der Waals surface area contributed by atoms with Gasteiger partial charge in [0.05, 0.1) is 11.4 Å². The van der Waals surface area contributed by atoms with Crippen LogP contribution in [0.3, 0.4) is 0 Å². The van der Waals surface area contributed by atoms with E-state index in [0.29, 0.717) is 19.6 Å². The van der Waals surface area contributed by atoms with E-state index in [1.165, 1.54) is 0 Å². The average Bonchev–Trinajstić information content (AvgIpc) is 3.16. The van der Waals surface area contributed by atoms with Gasteiger partial charge in [-0.2, -0.15) is 0 Å². The van der Waals surface area contributed by atoms with Crippen molar-refractivity contribution in [2.45, 2.75) is 44.5 Å². The summed E-state index contributed by atoms with van der Waals surface area (Å²) in [7, 11) is -3.04. The molecular formula is C13H26N2O3S. The SMILES string of the molecule is CC(C)C(O)CN1CCCN(S(=O)(=O)C2CC2)CC1. The van der Waals surface area contributed by atoms with Crippen LogP contribution in [0.25, 0.3) is 0 Å². The molecule has 2 aliphatic rings. The zero-order valence-electron chi connectivity index (χ0n) is 12.0. The normalized spacial score (nSPS) is 25.5. The van der Waals surface area contributed by atoms with E-state index in [4.69, 9.17) is 0 Å². The van der Waals surface area contributed by atoms with Gasteiger partial charge in [-0.25, -0.2) is 12.7 Å². The molecule has 1 aliphatic carbocycles. The number of nitrogens with zero attached hydrogens (tertiary/aromatic N) is 2. The Bertz CT molecular complexity index is 393. The Labute approximate surface area is 116 Å². The molecule has 1 saturated carbocycles. The molecule has 19 heavy (non-hydrogen) atoms. The molecule has 1 heterocycles. The molecule has 1 aliphatic heterocycles. The monoisotopic (exact) mass is 290 g/mol. The average molecular weight is 290 g/mol. The van der Waals surface area contributed by atoms with Crippen LogP contribution in [-0.2, 0) is 10.0 Å². The highest BCUT2D eigenvalue weighted by atomic mass is 32.2. The standard InChI is InChI=1S/C13H26N2O3S/c1-11(2)13(16)10-14-6-3-7-15(9-8-14)19(17,18)12-4-5-12/h11-13,16H,3-10H2,1-2H3. The molecule has 2 rings (SSSR count). The van der Waals surface area contributed by atoms with Crippen LogP contribution in [0.2, 0.25) is 0 Å². The zero-order chi connectivity index (χ0) is 14.0. The summed E-state index contributed by atoms with van der Waals surface area (Å²) >= 11 is 0. The molecule has 0 aromatic rings. The fraction of sp³-hybridized carbons (Fsp3) is 1.00. The second kappa shape index (κ2) is 6.08. The molecule has 5 nitrogen and oxygen atoms in total. The maximum absolute atomic E-state index is 12.2. The van der Waals surface area contributed by atoms with Gasteiger partial charge in [-0.05, 0) is 31.7 Å². The van der Waals surface area contributed by atoms with Crippen molar-refractivity contribution >= 4 is 10.0 Å². The van der Waals surface area contributed by atoms with E-state index >= 15 is 0 Å². The van der Waals surface area contributed by atoms with Crippen LogP contribution in [0.4, 0.5) is 0 Å². The fourth-order valence-electron chi connectivity index (χ4n) is 2.44. The largest absolute Gasteiger partial charge is 0.392 e. The van der Waals surface area contributed by atoms with Crippen LogP contribution in [0.5, 0.6) is 0 Å². The summed E-state index contributed by atoms with van der Waals surface area (Å²) in [5.74, 6) is 0.245. The van der Waals surface area contributed by atoms with Gasteiger partial charge in [0.2, 0.25) is 10.0 Å². The van der Waals surface area contributed by atoms with Crippen molar-refractivity contribution in [3.8, 4) is 0 Å². The van der Waals surface area contributed by atoms with E-state index in [2.05, 4.69) is 4.90 Å². The first kappa shape index (κ1) is 15.2. The molecule has 112 valence electrons. The molecule has 2 fully saturated rings. The quantitative estimate of drug-likeness (QED) is 0.801. The van der Waals surface area contributed by atoms with Gasteiger partial charge < -0.3 is 5.11 Å². The molecular weight excluding hydrogens is 264 g/mol. The highest BCUT2D eigenvalue weighted by Crippen LogP contribution is 2.31. The summed E-state index contributed by atoms with van der Waals surface area (Å²) < 4.78 is 26.1. The van der Waals surface area contributed by atoms with Gasteiger partial charge in [0, 0.05) is 26.2 Å². The topological polar surface area (TPSA) is 60.9 Å². The third-order valence-electron chi connectivity index (χ3n) is 4.07. The van der Waals surface area contributed by atoms with Crippen LogP contribution < -0.4 is 0 Å². The minimum atomic E-state index is -3.04. The summed E-state index contributed by atoms with van der Waals surface area (Å²) in [6, 6.07) is 0. The third kappa shape index (κ3) is 3.90. The van der Waals surface area contributed by atoms with Gasteiger partial charge >= 0.3 is 0 Å². The summed E-state index contributed by atoms with van der Waals surface area (Å²) in [5.41, 5.74) is 0. The molecule has 0 radical (unpaired) electrons. The Morgan fingerprint density at radius 3 is 2.42 bits per heavy atom. The Morgan fingerprint density at radius 2 is 1.84 bits per heavy atom. The Morgan fingerprint density at radius 1 is 1.16 bits per heavy atom. The number of aliphatic hydroxyl groups is 1. The second-order valence-electron chi connectivity index (χ2n) is 6.11. The van der Waals surface area contributed by atoms with Gasteiger partial charge in [0.1, 0.15) is 0 Å². The molecule has 1 unspecified atom stereocenters. The summed E-state index contributed by atoms with van der Waals surface area (Å²) in [5, 5.41) is 9.81. The predicted molar refractivity (Wildman–Crippen MR) is 75.4 cm³/mol. The first-order valence-electron chi connectivity index (χ1n) is 7.30. The van der Waals surface area contributed by atoms with Crippen molar-refractivity contribution in [1.29, 1.82) is 0 Å². The molecule has 0 bridgehead atoms. The van der Waals surface area contributed by atoms with Crippen molar-refractivity contribution in [3.63, 3.8) is 0 Å². The number of hydrogen-bond acceptors (Lipinski definition) is 4. The Balaban J connectivity index is 1.88. The summed E-state index contributed by atoms with van der Waals surface area (Å²) in [4.78, 5) is 2.19. The smallest absolute Gasteiger partial charge is 0.217 e. The number of rotatable bonds is 5. The lowest BCUT2D eigenvalue weighted by molar-refractivity contribution is 0.0784. The van der Waals surface area contributed by atoms with Gasteiger partial charge in [0.15, 0.2) is 0 Å². The van der Waals surface area contributed by atoms with Gasteiger partial charge in [-0.3, -0.25) is 4.90 Å². The van der Waals surface area contributed by atoms with E-state index < -0.39 is 10.0 Å². The van der Waals surface area contributed by atoms with Crippen LogP contribution in [0.1, 0.15) is 33.1 Å². The molecule has 0 amide bonds. The molecule has 0 spiro atoms. The predicted octanol–water partition coefficient (Wildman–Crippen LogP) is 0.503. The minimum Gasteiger partial charge on any atom is -0.392 e. The van der Waals surface area contributed by atoms with Crippen molar-refractivity contribution < 1.29 is 13.5 Å². The van der Waals surface area contributed by atoms with Gasteiger partial charge in [-0.15, -0.1) is 0 Å². The molecule has 1 N–H and O–H groups in total. The molecule has 1 saturated heterocycles. The van der Waals surface area contributed by atoms with E-state index in [9.17, 15) is 13.5 Å². The van der Waals surface area contributed by atoms with Crippen molar-refractivity contribution in [1.82, 2.24) is 9.21 Å². The van der Waals surface area contributed by atoms with Gasteiger partial charge in [-0.1, -0.05) is 13.8 Å². The molecule has 6 heteroatoms. The van der Waals surface area contributed by atoms with Crippen LogP contribution >= 0.6 is 0 Å². The maximum Gasteiger partial charge on any atom is 0.217 e. The Kier molecular flexibility index (Phi) is 4.87. The van der Waals surface area contributed by atoms with Crippen molar-refractivity contribution in [2.75, 3.05) is 32.7 Å². The highest BCUT2D eigenvalue weighted by Gasteiger charge is 2.40. The van der Waals surface area contributed by atoms with E-state index in [-0.39, 0.29) is 17.3 Å². The first-order valence-corrected chi connectivity index (χ1v) is 8.81.